The maximum atomic E-state index is 13.2. The molecule has 3 aliphatic rings. The maximum Gasteiger partial charge on any atom is 0.378 e. The minimum atomic E-state index is -2.16. The lowest BCUT2D eigenvalue weighted by Crippen LogP contribution is -2.57. The molecule has 2 fully saturated rings. The van der Waals surface area contributed by atoms with E-state index in [1.165, 1.54) is 6.07 Å². The molecule has 0 spiro atoms. The summed E-state index contributed by atoms with van der Waals surface area (Å²) >= 11 is 10.9. The predicted molar refractivity (Wildman–Crippen MR) is 111 cm³/mol. The van der Waals surface area contributed by atoms with E-state index in [2.05, 4.69) is 11.9 Å². The van der Waals surface area contributed by atoms with Crippen LogP contribution in [0.1, 0.15) is 41.5 Å². The van der Waals surface area contributed by atoms with Crippen molar-refractivity contribution >= 4 is 52.6 Å². The van der Waals surface area contributed by atoms with E-state index in [0.29, 0.717) is 10.6 Å². The van der Waals surface area contributed by atoms with Crippen molar-refractivity contribution in [3.63, 3.8) is 0 Å². The van der Waals surface area contributed by atoms with Crippen LogP contribution in [0.5, 0.6) is 0 Å². The molecule has 2 unspecified atom stereocenters. The summed E-state index contributed by atoms with van der Waals surface area (Å²) in [4.78, 5) is 55.7. The lowest BCUT2D eigenvalue weighted by atomic mass is 10.1. The number of fused-ring (bicyclic) bond motifs is 1. The topological polar surface area (TPSA) is 120 Å². The molecule has 3 heterocycles. The molecular weight excluding hydrogens is 464 g/mol. The van der Waals surface area contributed by atoms with E-state index in [4.69, 9.17) is 42.9 Å². The standard InChI is InChI=1S/C20H17ClN2O8S/c1-10(21)8-14(32)22-13-9-28-23(16(13)25)20(7-6-15(24)31-20)19(27)30-18-12-5-3-2-4-11(12)17(26)29-18/h2-5,13,18H,1,6-9H2,(H,22,32)/t13-,18?,20?/m0/s1. The summed E-state index contributed by atoms with van der Waals surface area (Å²) in [6.07, 6.45) is -1.55. The molecule has 10 nitrogen and oxygen atoms in total. The minimum absolute atomic E-state index is 0.147. The quantitative estimate of drug-likeness (QED) is 0.475. The van der Waals surface area contributed by atoms with Gasteiger partial charge in [0.2, 0.25) is 0 Å². The Labute approximate surface area is 192 Å². The molecule has 0 aromatic heterocycles. The summed E-state index contributed by atoms with van der Waals surface area (Å²) in [5.74, 6) is -3.18. The highest BCUT2D eigenvalue weighted by Crippen LogP contribution is 2.38. The molecular formula is C20H17ClN2O8S. The van der Waals surface area contributed by atoms with Gasteiger partial charge >= 0.3 is 23.6 Å². The smallest absolute Gasteiger partial charge is 0.378 e. The first kappa shape index (κ1) is 22.2. The van der Waals surface area contributed by atoms with Gasteiger partial charge in [-0.25, -0.2) is 9.59 Å². The van der Waals surface area contributed by atoms with Crippen LogP contribution >= 0.6 is 23.8 Å². The summed E-state index contributed by atoms with van der Waals surface area (Å²) in [5.41, 5.74) is -1.58. The van der Waals surface area contributed by atoms with Crippen molar-refractivity contribution in [3.8, 4) is 0 Å². The Morgan fingerprint density at radius 3 is 2.78 bits per heavy atom. The van der Waals surface area contributed by atoms with Crippen molar-refractivity contribution in [1.29, 1.82) is 0 Å². The van der Waals surface area contributed by atoms with Gasteiger partial charge in [0, 0.05) is 23.4 Å². The van der Waals surface area contributed by atoms with Gasteiger partial charge in [-0.2, -0.15) is 5.06 Å². The molecule has 0 aliphatic carbocycles. The van der Waals surface area contributed by atoms with Gasteiger partial charge in [0.15, 0.2) is 0 Å². The summed E-state index contributed by atoms with van der Waals surface area (Å²) in [5, 5.41) is 3.74. The highest BCUT2D eigenvalue weighted by molar-refractivity contribution is 7.80. The van der Waals surface area contributed by atoms with Crippen LogP contribution in [0.4, 0.5) is 0 Å². The molecule has 168 valence electrons. The second-order valence-corrected chi connectivity index (χ2v) is 8.26. The fourth-order valence-corrected chi connectivity index (χ4v) is 4.08. The van der Waals surface area contributed by atoms with Gasteiger partial charge in [0.1, 0.15) is 12.6 Å². The number of esters is 3. The van der Waals surface area contributed by atoms with Gasteiger partial charge in [0.05, 0.1) is 17.0 Å². The van der Waals surface area contributed by atoms with E-state index in [0.717, 1.165) is 0 Å². The number of halogens is 1. The van der Waals surface area contributed by atoms with Crippen molar-refractivity contribution < 1.29 is 38.2 Å². The van der Waals surface area contributed by atoms with Crippen LogP contribution in [0.3, 0.4) is 0 Å². The van der Waals surface area contributed by atoms with E-state index >= 15 is 0 Å². The first-order valence-electron chi connectivity index (χ1n) is 9.54. The van der Waals surface area contributed by atoms with Crippen LogP contribution in [0.25, 0.3) is 0 Å². The number of amides is 1. The fraction of sp³-hybridized carbons (Fsp3) is 0.350. The van der Waals surface area contributed by atoms with E-state index in [1.54, 1.807) is 18.2 Å². The number of nitrogens with zero attached hydrogens (tertiary/aromatic N) is 1. The number of benzene rings is 1. The van der Waals surface area contributed by atoms with Crippen molar-refractivity contribution in [2.24, 2.45) is 0 Å². The number of rotatable bonds is 6. The molecule has 4 rings (SSSR count). The van der Waals surface area contributed by atoms with Crippen LogP contribution in [-0.2, 0) is 33.4 Å². The molecule has 2 saturated heterocycles. The molecule has 1 N–H and O–H groups in total. The highest BCUT2D eigenvalue weighted by Gasteiger charge is 2.60. The molecule has 0 saturated carbocycles. The molecule has 3 aliphatic heterocycles. The summed E-state index contributed by atoms with van der Waals surface area (Å²) in [6, 6.07) is 5.44. The Morgan fingerprint density at radius 2 is 2.09 bits per heavy atom. The molecule has 0 radical (unpaired) electrons. The molecule has 3 atom stereocenters. The third-order valence-corrected chi connectivity index (χ3v) is 5.41. The Hall–Kier alpha value is -3.02. The number of hydrogen-bond acceptors (Lipinski definition) is 9. The lowest BCUT2D eigenvalue weighted by Gasteiger charge is -2.33. The molecule has 1 aromatic carbocycles. The predicted octanol–water partition coefficient (Wildman–Crippen LogP) is 1.63. The molecule has 1 amide bonds. The Balaban J connectivity index is 1.53. The first-order chi connectivity index (χ1) is 15.2. The largest absolute Gasteiger partial charge is 0.425 e. The minimum Gasteiger partial charge on any atom is -0.425 e. The van der Waals surface area contributed by atoms with Crippen LogP contribution in [0.15, 0.2) is 35.9 Å². The van der Waals surface area contributed by atoms with Gasteiger partial charge in [-0.15, -0.1) is 0 Å². The second-order valence-electron chi connectivity index (χ2n) is 7.23. The normalized spacial score (nSPS) is 26.4. The van der Waals surface area contributed by atoms with Gasteiger partial charge < -0.3 is 19.5 Å². The second kappa shape index (κ2) is 8.49. The number of carbonyl (C=O) groups is 4. The SMILES string of the molecule is C=C(Cl)CC(=S)N[C@H]1CON(C2(C(=O)OC3OC(=O)c4ccccc43)CCC(=O)O2)C1=O. The molecule has 32 heavy (non-hydrogen) atoms. The van der Waals surface area contributed by atoms with Gasteiger partial charge in [-0.05, 0) is 6.07 Å². The monoisotopic (exact) mass is 480 g/mol. The Morgan fingerprint density at radius 1 is 1.34 bits per heavy atom. The number of nitrogens with one attached hydrogen (secondary N) is 1. The zero-order valence-corrected chi connectivity index (χ0v) is 18.1. The summed E-state index contributed by atoms with van der Waals surface area (Å²) in [6.45, 7) is 3.36. The van der Waals surface area contributed by atoms with E-state index in [9.17, 15) is 19.2 Å². The van der Waals surface area contributed by atoms with Crippen LogP contribution in [-0.4, -0.2) is 52.2 Å². The highest BCUT2D eigenvalue weighted by atomic mass is 35.5. The molecule has 12 heteroatoms. The van der Waals surface area contributed by atoms with Gasteiger partial charge in [-0.1, -0.05) is 48.6 Å². The number of hydroxylamine groups is 2. The number of ether oxygens (including phenoxy) is 3. The molecule has 1 aromatic rings. The zero-order valence-electron chi connectivity index (χ0n) is 16.5. The van der Waals surface area contributed by atoms with E-state index in [1.807, 2.05) is 0 Å². The lowest BCUT2D eigenvalue weighted by molar-refractivity contribution is -0.266. The van der Waals surface area contributed by atoms with Crippen LogP contribution in [0, 0.1) is 0 Å². The zero-order chi connectivity index (χ0) is 23.0. The first-order valence-corrected chi connectivity index (χ1v) is 10.3. The Bertz CT molecular complexity index is 1050. The number of carbonyl (C=O) groups excluding carboxylic acids is 4. The van der Waals surface area contributed by atoms with Crippen molar-refractivity contribution in [1.82, 2.24) is 10.4 Å². The number of cyclic esters (lactones) is 2. The van der Waals surface area contributed by atoms with Crippen LogP contribution in [0.2, 0.25) is 0 Å². The van der Waals surface area contributed by atoms with E-state index < -0.39 is 41.9 Å². The van der Waals surface area contributed by atoms with E-state index in [-0.39, 0.29) is 41.5 Å². The third-order valence-electron chi connectivity index (χ3n) is 5.02. The number of hydrogen-bond donors (Lipinski definition) is 1. The third kappa shape index (κ3) is 3.94. The Kier molecular flexibility index (Phi) is 5.89. The van der Waals surface area contributed by atoms with Crippen molar-refractivity contribution in [2.75, 3.05) is 6.61 Å². The van der Waals surface area contributed by atoms with Gasteiger partial charge in [0.25, 0.3) is 12.2 Å². The molecule has 0 bridgehead atoms. The summed E-state index contributed by atoms with van der Waals surface area (Å²) in [7, 11) is 0. The van der Waals surface area contributed by atoms with Crippen LogP contribution < -0.4 is 5.32 Å². The average Bonchev–Trinajstić information content (AvgIpc) is 3.39. The summed E-state index contributed by atoms with van der Waals surface area (Å²) < 4.78 is 15.7. The fourth-order valence-electron chi connectivity index (χ4n) is 3.55. The van der Waals surface area contributed by atoms with Crippen molar-refractivity contribution in [2.45, 2.75) is 37.3 Å². The number of thiocarbonyl (C=S) groups is 1. The average molecular weight is 481 g/mol. The maximum absolute atomic E-state index is 13.2. The van der Waals surface area contributed by atoms with Crippen molar-refractivity contribution in [3.05, 3.63) is 47.0 Å². The van der Waals surface area contributed by atoms with Gasteiger partial charge in [-0.3, -0.25) is 14.4 Å².